The molecule has 0 spiro atoms. The van der Waals surface area contributed by atoms with Crippen LogP contribution in [0.15, 0.2) is 59.7 Å². The van der Waals surface area contributed by atoms with Gasteiger partial charge in [-0.15, -0.1) is 0 Å². The van der Waals surface area contributed by atoms with Crippen LogP contribution in [0, 0.1) is 0 Å². The zero-order chi connectivity index (χ0) is 17.4. The quantitative estimate of drug-likeness (QED) is 0.620. The van der Waals surface area contributed by atoms with E-state index in [-0.39, 0.29) is 11.4 Å². The SMILES string of the molecule is CC/C=C\C(=NC)Nc1ccc(Oc2ncccc2C(=O)O)cc1. The summed E-state index contributed by atoms with van der Waals surface area (Å²) in [4.78, 5) is 19.3. The van der Waals surface area contributed by atoms with Gasteiger partial charge in [0.25, 0.3) is 0 Å². The Bertz CT molecular complexity index is 752. The molecule has 6 heteroatoms. The fraction of sp³-hybridized carbons (Fsp3) is 0.167. The number of carboxylic acid groups (broad SMARTS) is 1. The first-order valence-electron chi connectivity index (χ1n) is 7.50. The number of amidine groups is 1. The number of aromatic nitrogens is 1. The van der Waals surface area contributed by atoms with E-state index in [2.05, 4.69) is 22.2 Å². The molecule has 2 N–H and O–H groups in total. The first-order valence-corrected chi connectivity index (χ1v) is 7.50. The topological polar surface area (TPSA) is 83.8 Å². The van der Waals surface area contributed by atoms with Gasteiger partial charge in [0.2, 0.25) is 5.88 Å². The number of benzene rings is 1. The molecule has 1 heterocycles. The smallest absolute Gasteiger partial charge is 0.341 e. The van der Waals surface area contributed by atoms with Gasteiger partial charge in [0, 0.05) is 18.9 Å². The third kappa shape index (κ3) is 4.67. The summed E-state index contributed by atoms with van der Waals surface area (Å²) in [5, 5.41) is 12.3. The number of carbonyl (C=O) groups is 1. The molecule has 0 atom stereocenters. The van der Waals surface area contributed by atoms with E-state index < -0.39 is 5.97 Å². The summed E-state index contributed by atoms with van der Waals surface area (Å²) in [5.41, 5.74) is 0.869. The van der Waals surface area contributed by atoms with Gasteiger partial charge in [-0.3, -0.25) is 4.99 Å². The van der Waals surface area contributed by atoms with Crippen molar-refractivity contribution >= 4 is 17.5 Å². The van der Waals surface area contributed by atoms with Crippen LogP contribution in [0.4, 0.5) is 5.69 Å². The number of aliphatic imine (C=N–C) groups is 1. The highest BCUT2D eigenvalue weighted by atomic mass is 16.5. The maximum Gasteiger partial charge on any atom is 0.341 e. The van der Waals surface area contributed by atoms with Gasteiger partial charge >= 0.3 is 5.97 Å². The molecule has 2 rings (SSSR count). The van der Waals surface area contributed by atoms with Gasteiger partial charge in [-0.05, 0) is 48.9 Å². The van der Waals surface area contributed by atoms with E-state index in [0.29, 0.717) is 5.75 Å². The Labute approximate surface area is 140 Å². The number of nitrogens with one attached hydrogen (secondary N) is 1. The van der Waals surface area contributed by atoms with Gasteiger partial charge in [-0.1, -0.05) is 13.0 Å². The monoisotopic (exact) mass is 325 g/mol. The Morgan fingerprint density at radius 1 is 1.33 bits per heavy atom. The minimum absolute atomic E-state index is 0.0183. The molecule has 124 valence electrons. The molecule has 0 saturated carbocycles. The van der Waals surface area contributed by atoms with Crippen LogP contribution in [-0.2, 0) is 0 Å². The number of nitrogens with zero attached hydrogens (tertiary/aromatic N) is 2. The molecule has 2 aromatic rings. The lowest BCUT2D eigenvalue weighted by molar-refractivity contribution is 0.0693. The number of allylic oxidation sites excluding steroid dienone is 1. The van der Waals surface area contributed by atoms with Crippen molar-refractivity contribution in [2.75, 3.05) is 12.4 Å². The van der Waals surface area contributed by atoms with Gasteiger partial charge < -0.3 is 15.2 Å². The largest absolute Gasteiger partial charge is 0.477 e. The van der Waals surface area contributed by atoms with E-state index >= 15 is 0 Å². The second kappa shape index (κ2) is 8.47. The van der Waals surface area contributed by atoms with Gasteiger partial charge in [0.15, 0.2) is 0 Å². The highest BCUT2D eigenvalue weighted by Gasteiger charge is 2.12. The van der Waals surface area contributed by atoms with Gasteiger partial charge in [0.05, 0.1) is 0 Å². The van der Waals surface area contributed by atoms with E-state index in [1.165, 1.54) is 12.3 Å². The average molecular weight is 325 g/mol. The van der Waals surface area contributed by atoms with Crippen molar-refractivity contribution in [2.45, 2.75) is 13.3 Å². The number of anilines is 1. The molecule has 1 aromatic carbocycles. The second-order valence-corrected chi connectivity index (χ2v) is 4.83. The minimum atomic E-state index is -1.08. The molecule has 0 radical (unpaired) electrons. The summed E-state index contributed by atoms with van der Waals surface area (Å²) in [5.74, 6) is 0.236. The van der Waals surface area contributed by atoms with Crippen LogP contribution >= 0.6 is 0 Å². The average Bonchev–Trinajstić information content (AvgIpc) is 2.60. The zero-order valence-electron chi connectivity index (χ0n) is 13.6. The number of aromatic carboxylic acids is 1. The maximum absolute atomic E-state index is 11.2. The maximum atomic E-state index is 11.2. The normalized spacial score (nSPS) is 11.5. The van der Waals surface area contributed by atoms with Crippen molar-refractivity contribution in [3.63, 3.8) is 0 Å². The van der Waals surface area contributed by atoms with Crippen LogP contribution in [-0.4, -0.2) is 28.9 Å². The Kier molecular flexibility index (Phi) is 6.08. The Morgan fingerprint density at radius 2 is 2.08 bits per heavy atom. The van der Waals surface area contributed by atoms with E-state index in [4.69, 9.17) is 9.84 Å². The molecule has 1 aromatic heterocycles. The van der Waals surface area contributed by atoms with Crippen LogP contribution < -0.4 is 10.1 Å². The van der Waals surface area contributed by atoms with Crippen molar-refractivity contribution in [2.24, 2.45) is 4.99 Å². The summed E-state index contributed by atoms with van der Waals surface area (Å²) >= 11 is 0. The second-order valence-electron chi connectivity index (χ2n) is 4.83. The van der Waals surface area contributed by atoms with Crippen LogP contribution in [0.25, 0.3) is 0 Å². The van der Waals surface area contributed by atoms with Crippen molar-refractivity contribution < 1.29 is 14.6 Å². The predicted molar refractivity (Wildman–Crippen MR) is 94.1 cm³/mol. The number of ether oxygens (including phenoxy) is 1. The first kappa shape index (κ1) is 17.2. The van der Waals surface area contributed by atoms with Crippen molar-refractivity contribution in [1.82, 2.24) is 4.98 Å². The summed E-state index contributed by atoms with van der Waals surface area (Å²) in [6.45, 7) is 2.05. The minimum Gasteiger partial charge on any atom is -0.477 e. The van der Waals surface area contributed by atoms with E-state index in [1.54, 1.807) is 25.2 Å². The fourth-order valence-electron chi connectivity index (χ4n) is 1.90. The Balaban J connectivity index is 2.10. The number of hydrogen-bond acceptors (Lipinski definition) is 4. The molecule has 6 nitrogen and oxygen atoms in total. The molecule has 24 heavy (non-hydrogen) atoms. The van der Waals surface area contributed by atoms with E-state index in [0.717, 1.165) is 17.9 Å². The summed E-state index contributed by atoms with van der Waals surface area (Å²) in [6, 6.07) is 10.1. The summed E-state index contributed by atoms with van der Waals surface area (Å²) in [7, 11) is 1.72. The lowest BCUT2D eigenvalue weighted by atomic mass is 10.2. The van der Waals surface area contributed by atoms with Gasteiger partial charge in [0.1, 0.15) is 17.1 Å². The van der Waals surface area contributed by atoms with Gasteiger partial charge in [-0.25, -0.2) is 9.78 Å². The van der Waals surface area contributed by atoms with E-state index in [1.807, 2.05) is 24.3 Å². The number of rotatable bonds is 6. The molecule has 0 fully saturated rings. The Morgan fingerprint density at radius 3 is 2.71 bits per heavy atom. The van der Waals surface area contributed by atoms with Gasteiger partial charge in [-0.2, -0.15) is 0 Å². The third-order valence-corrected chi connectivity index (χ3v) is 3.10. The molecule has 0 aliphatic heterocycles. The zero-order valence-corrected chi connectivity index (χ0v) is 13.6. The number of hydrogen-bond donors (Lipinski definition) is 2. The van der Waals surface area contributed by atoms with Crippen LogP contribution in [0.1, 0.15) is 23.7 Å². The van der Waals surface area contributed by atoms with Crippen molar-refractivity contribution in [3.8, 4) is 11.6 Å². The molecule has 0 amide bonds. The van der Waals surface area contributed by atoms with Crippen LogP contribution in [0.5, 0.6) is 11.6 Å². The standard InChI is InChI=1S/C18H19N3O3/c1-3-4-7-16(19-2)21-13-8-10-14(11-9-13)24-17-15(18(22)23)6-5-12-20-17/h4-12H,3H2,1-2H3,(H,19,21)(H,22,23)/b7-4-. The molecular weight excluding hydrogens is 306 g/mol. The molecular formula is C18H19N3O3. The van der Waals surface area contributed by atoms with Crippen LogP contribution in [0.2, 0.25) is 0 Å². The highest BCUT2D eigenvalue weighted by Crippen LogP contribution is 2.24. The fourth-order valence-corrected chi connectivity index (χ4v) is 1.90. The number of pyridine rings is 1. The lowest BCUT2D eigenvalue weighted by Crippen LogP contribution is -2.08. The third-order valence-electron chi connectivity index (χ3n) is 3.10. The molecule has 0 aliphatic carbocycles. The Hall–Kier alpha value is -3.15. The van der Waals surface area contributed by atoms with E-state index in [9.17, 15) is 4.79 Å². The van der Waals surface area contributed by atoms with Crippen molar-refractivity contribution in [1.29, 1.82) is 0 Å². The first-order chi connectivity index (χ1) is 11.6. The van der Waals surface area contributed by atoms with Crippen LogP contribution in [0.3, 0.4) is 0 Å². The lowest BCUT2D eigenvalue weighted by Gasteiger charge is -2.09. The molecule has 0 saturated heterocycles. The number of carboxylic acids is 1. The summed E-state index contributed by atoms with van der Waals surface area (Å²) in [6.07, 6.45) is 6.35. The summed E-state index contributed by atoms with van der Waals surface area (Å²) < 4.78 is 5.56. The molecule has 0 unspecified atom stereocenters. The molecule has 0 aliphatic rings. The predicted octanol–water partition coefficient (Wildman–Crippen LogP) is 3.98. The molecule has 0 bridgehead atoms. The highest BCUT2D eigenvalue weighted by molar-refractivity contribution is 6.03. The van der Waals surface area contributed by atoms with Crippen molar-refractivity contribution in [3.05, 3.63) is 60.3 Å².